The number of nitrogens with zero attached hydrogens (tertiary/aromatic N) is 1. The highest BCUT2D eigenvalue weighted by Crippen LogP contribution is 2.44. The van der Waals surface area contributed by atoms with Crippen molar-refractivity contribution in [2.24, 2.45) is 11.8 Å². The molecule has 1 aromatic heterocycles. The molecule has 1 heterocycles. The number of amides is 1. The number of fused-ring (bicyclic) bond motifs is 1. The van der Waals surface area contributed by atoms with Crippen LogP contribution in [-0.4, -0.2) is 61.5 Å². The first-order valence-electron chi connectivity index (χ1n) is 16.0. The van der Waals surface area contributed by atoms with Crippen molar-refractivity contribution in [2.45, 2.75) is 72.4 Å². The van der Waals surface area contributed by atoms with E-state index in [2.05, 4.69) is 5.32 Å². The molecule has 1 N–H and O–H groups in total. The van der Waals surface area contributed by atoms with Crippen LogP contribution in [0.2, 0.25) is 0 Å². The van der Waals surface area contributed by atoms with Crippen molar-refractivity contribution in [3.63, 3.8) is 0 Å². The van der Waals surface area contributed by atoms with Crippen molar-refractivity contribution in [1.82, 2.24) is 9.88 Å². The van der Waals surface area contributed by atoms with Crippen molar-refractivity contribution in [3.05, 3.63) is 53.7 Å². The quantitative estimate of drug-likeness (QED) is 0.128. The number of aryl methyl sites for hydroxylation is 1. The zero-order valence-electron chi connectivity index (χ0n) is 28.7. The molecule has 252 valence electrons. The Morgan fingerprint density at radius 3 is 2.17 bits per heavy atom. The SMILES string of the molecule is COc1cc(C2=C(c3cn(CCCNC(=O)C(CC(=O)OC(C)(C)C)CC(C)C)c4ccccc34)C(=O)CC2=O)cc(OC)c1OC. The van der Waals surface area contributed by atoms with Crippen LogP contribution < -0.4 is 19.5 Å². The monoisotopic (exact) mass is 646 g/mol. The molecule has 10 nitrogen and oxygen atoms in total. The molecule has 47 heavy (non-hydrogen) atoms. The highest BCUT2D eigenvalue weighted by atomic mass is 16.6. The second-order valence-electron chi connectivity index (χ2n) is 13.2. The summed E-state index contributed by atoms with van der Waals surface area (Å²) in [5.74, 6) is -0.169. The largest absolute Gasteiger partial charge is 0.493 e. The number of carbonyl (C=O) groups excluding carboxylic acids is 4. The summed E-state index contributed by atoms with van der Waals surface area (Å²) in [5, 5.41) is 3.85. The fraction of sp³-hybridized carbons (Fsp3) is 0.459. The number of aromatic nitrogens is 1. The lowest BCUT2D eigenvalue weighted by Crippen LogP contribution is -2.35. The van der Waals surface area contributed by atoms with E-state index in [1.807, 2.05) is 69.6 Å². The maximum absolute atomic E-state index is 13.4. The Balaban J connectivity index is 1.59. The number of para-hydroxylation sites is 1. The van der Waals surface area contributed by atoms with Gasteiger partial charge in [-0.05, 0) is 63.3 Å². The Labute approximate surface area is 276 Å². The Morgan fingerprint density at radius 2 is 1.57 bits per heavy atom. The van der Waals surface area contributed by atoms with E-state index >= 15 is 0 Å². The van der Waals surface area contributed by atoms with Gasteiger partial charge in [-0.3, -0.25) is 19.2 Å². The molecule has 0 saturated carbocycles. The first-order valence-corrected chi connectivity index (χ1v) is 16.0. The molecule has 0 saturated heterocycles. The predicted molar refractivity (Wildman–Crippen MR) is 181 cm³/mol. The summed E-state index contributed by atoms with van der Waals surface area (Å²) < 4.78 is 24.0. The van der Waals surface area contributed by atoms with Crippen LogP contribution in [0.4, 0.5) is 0 Å². The number of hydrogen-bond donors (Lipinski definition) is 1. The first-order chi connectivity index (χ1) is 22.3. The lowest BCUT2D eigenvalue weighted by Gasteiger charge is -2.23. The molecule has 10 heteroatoms. The van der Waals surface area contributed by atoms with Gasteiger partial charge in [-0.25, -0.2) is 0 Å². The molecule has 3 aromatic rings. The number of allylic oxidation sites excluding steroid dienone is 2. The molecule has 0 radical (unpaired) electrons. The molecule has 2 aromatic carbocycles. The number of esters is 1. The second kappa shape index (κ2) is 14.9. The Hall–Kier alpha value is -4.60. The summed E-state index contributed by atoms with van der Waals surface area (Å²) in [4.78, 5) is 52.4. The van der Waals surface area contributed by atoms with Crippen molar-refractivity contribution in [1.29, 1.82) is 0 Å². The van der Waals surface area contributed by atoms with Gasteiger partial charge in [-0.2, -0.15) is 0 Å². The summed E-state index contributed by atoms with van der Waals surface area (Å²) in [5.41, 5.74) is 2.12. The fourth-order valence-electron chi connectivity index (χ4n) is 6.09. The number of benzene rings is 2. The van der Waals surface area contributed by atoms with Gasteiger partial charge in [0, 0.05) is 52.8 Å². The molecule has 1 aliphatic rings. The third kappa shape index (κ3) is 8.22. The van der Waals surface area contributed by atoms with Gasteiger partial charge >= 0.3 is 5.97 Å². The van der Waals surface area contributed by atoms with Crippen molar-refractivity contribution in [2.75, 3.05) is 27.9 Å². The van der Waals surface area contributed by atoms with E-state index in [0.717, 1.165) is 10.9 Å². The zero-order chi connectivity index (χ0) is 34.5. The van der Waals surface area contributed by atoms with Gasteiger partial charge in [-0.1, -0.05) is 32.0 Å². The van der Waals surface area contributed by atoms with E-state index in [-0.39, 0.29) is 42.2 Å². The Bertz CT molecular complexity index is 1670. The van der Waals surface area contributed by atoms with Gasteiger partial charge in [-0.15, -0.1) is 0 Å². The molecule has 1 unspecified atom stereocenters. The molecule has 0 fully saturated rings. The summed E-state index contributed by atoms with van der Waals surface area (Å²) in [7, 11) is 4.50. The summed E-state index contributed by atoms with van der Waals surface area (Å²) in [6.45, 7) is 10.4. The molecule has 4 rings (SSSR count). The predicted octanol–water partition coefficient (Wildman–Crippen LogP) is 6.02. The summed E-state index contributed by atoms with van der Waals surface area (Å²) in [6, 6.07) is 11.1. The fourth-order valence-corrected chi connectivity index (χ4v) is 6.09. The number of methoxy groups -OCH3 is 3. The van der Waals surface area contributed by atoms with Crippen molar-refractivity contribution in [3.8, 4) is 17.2 Å². The van der Waals surface area contributed by atoms with Gasteiger partial charge in [0.25, 0.3) is 0 Å². The van der Waals surface area contributed by atoms with Gasteiger partial charge < -0.3 is 28.8 Å². The lowest BCUT2D eigenvalue weighted by atomic mass is 9.93. The van der Waals surface area contributed by atoms with Crippen molar-refractivity contribution >= 4 is 45.5 Å². The highest BCUT2D eigenvalue weighted by Gasteiger charge is 2.35. The minimum atomic E-state index is -0.615. The number of hydrogen-bond acceptors (Lipinski definition) is 8. The van der Waals surface area contributed by atoms with Crippen molar-refractivity contribution < 1.29 is 38.1 Å². The average Bonchev–Trinajstić information content (AvgIpc) is 3.51. The van der Waals surface area contributed by atoms with Crippen LogP contribution in [0.1, 0.15) is 71.4 Å². The number of Topliss-reactive ketones (excluding diaryl/α,β-unsaturated/α-hetero) is 2. The molecule has 1 atom stereocenters. The van der Waals surface area contributed by atoms with E-state index in [1.54, 1.807) is 12.1 Å². The topological polar surface area (TPSA) is 122 Å². The standard InChI is InChI=1S/C37H46N2O8/c1-22(2)16-24(19-32(42)47-37(3,4)5)36(43)38-14-11-15-39-21-26(25-12-9-10-13-27(25)39)34-29(41)20-28(40)33(34)23-17-30(44-6)35(46-8)31(18-23)45-7/h9-10,12-13,17-18,21-22,24H,11,14-16,19-20H2,1-8H3,(H,38,43). The highest BCUT2D eigenvalue weighted by molar-refractivity contribution is 6.51. The summed E-state index contributed by atoms with van der Waals surface area (Å²) in [6.07, 6.45) is 2.89. The number of ketones is 2. The molecule has 0 bridgehead atoms. The van der Waals surface area contributed by atoms with E-state index in [0.29, 0.717) is 65.5 Å². The van der Waals surface area contributed by atoms with E-state index < -0.39 is 11.5 Å². The smallest absolute Gasteiger partial charge is 0.307 e. The average molecular weight is 647 g/mol. The van der Waals surface area contributed by atoms with E-state index in [4.69, 9.17) is 18.9 Å². The van der Waals surface area contributed by atoms with Crippen LogP contribution in [0.5, 0.6) is 17.2 Å². The second-order valence-corrected chi connectivity index (χ2v) is 13.2. The molecule has 0 spiro atoms. The molecular formula is C37H46N2O8. The molecular weight excluding hydrogens is 600 g/mol. The molecule has 1 amide bonds. The van der Waals surface area contributed by atoms with Crippen LogP contribution in [0.15, 0.2) is 42.6 Å². The number of ether oxygens (including phenoxy) is 4. The maximum atomic E-state index is 13.4. The van der Waals surface area contributed by atoms with Gasteiger partial charge in [0.05, 0.1) is 34.2 Å². The summed E-state index contributed by atoms with van der Waals surface area (Å²) >= 11 is 0. The zero-order valence-corrected chi connectivity index (χ0v) is 28.7. The van der Waals surface area contributed by atoms with E-state index in [1.165, 1.54) is 21.3 Å². The normalized spacial score (nSPS) is 14.1. The minimum Gasteiger partial charge on any atom is -0.493 e. The van der Waals surface area contributed by atoms with Gasteiger partial charge in [0.2, 0.25) is 11.7 Å². The maximum Gasteiger partial charge on any atom is 0.307 e. The Kier molecular flexibility index (Phi) is 11.2. The molecule has 1 aliphatic carbocycles. The van der Waals surface area contributed by atoms with Gasteiger partial charge in [0.1, 0.15) is 5.60 Å². The molecule has 0 aliphatic heterocycles. The van der Waals surface area contributed by atoms with Crippen LogP contribution in [-0.2, 0) is 30.5 Å². The number of nitrogens with one attached hydrogen (secondary N) is 1. The number of carbonyl (C=O) groups is 4. The minimum absolute atomic E-state index is 0.0308. The third-order valence-corrected chi connectivity index (χ3v) is 7.97. The first kappa shape index (κ1) is 35.3. The number of rotatable bonds is 14. The van der Waals surface area contributed by atoms with E-state index in [9.17, 15) is 19.2 Å². The van der Waals surface area contributed by atoms with Crippen LogP contribution in [0, 0.1) is 11.8 Å². The third-order valence-electron chi connectivity index (χ3n) is 7.97. The van der Waals surface area contributed by atoms with Crippen LogP contribution in [0.3, 0.4) is 0 Å². The van der Waals surface area contributed by atoms with Crippen LogP contribution >= 0.6 is 0 Å². The lowest BCUT2D eigenvalue weighted by molar-refractivity contribution is -0.157. The van der Waals surface area contributed by atoms with Gasteiger partial charge in [0.15, 0.2) is 23.1 Å². The van der Waals surface area contributed by atoms with Crippen LogP contribution in [0.25, 0.3) is 22.0 Å². The Morgan fingerprint density at radius 1 is 0.936 bits per heavy atom.